The minimum absolute atomic E-state index is 0.0414. The molecule has 5 heteroatoms. The average molecular weight is 296 g/mol. The number of carbonyl (C=O) groups excluding carboxylic acids is 1. The van der Waals surface area contributed by atoms with Crippen LogP contribution in [0.15, 0.2) is 36.9 Å². The lowest BCUT2D eigenvalue weighted by molar-refractivity contribution is -0.125. The zero-order chi connectivity index (χ0) is 15.5. The number of fused-ring (bicyclic) bond motifs is 1. The molecule has 0 aliphatic heterocycles. The lowest BCUT2D eigenvalue weighted by Gasteiger charge is -2.31. The highest BCUT2D eigenvalue weighted by molar-refractivity contribution is 5.81. The van der Waals surface area contributed by atoms with Gasteiger partial charge in [0.15, 0.2) is 0 Å². The second kappa shape index (κ2) is 6.23. The molecule has 3 N–H and O–H groups in total. The Bertz CT molecular complexity index is 672. The van der Waals surface area contributed by atoms with Gasteiger partial charge in [0, 0.05) is 30.5 Å². The number of carbonyl (C=O) groups is 1. The lowest BCUT2D eigenvalue weighted by Crippen LogP contribution is -2.46. The van der Waals surface area contributed by atoms with Gasteiger partial charge in [-0.25, -0.2) is 9.97 Å². The van der Waals surface area contributed by atoms with Crippen LogP contribution in [-0.4, -0.2) is 28.5 Å². The smallest absolute Gasteiger partial charge is 0.225 e. The summed E-state index contributed by atoms with van der Waals surface area (Å²) in [6.45, 7) is 2.55. The molecule has 5 nitrogen and oxygen atoms in total. The molecule has 0 saturated heterocycles. The number of nitrogens with one attached hydrogen (secondary N) is 1. The van der Waals surface area contributed by atoms with Crippen LogP contribution in [-0.2, 0) is 17.6 Å². The normalized spacial score (nSPS) is 20.3. The fourth-order valence-electron chi connectivity index (χ4n) is 3.14. The molecule has 1 aromatic carbocycles. The number of aromatic nitrogens is 2. The zero-order valence-electron chi connectivity index (χ0n) is 12.6. The Morgan fingerprint density at radius 1 is 1.32 bits per heavy atom. The summed E-state index contributed by atoms with van der Waals surface area (Å²) in [6, 6.07) is 6.04. The topological polar surface area (TPSA) is 80.9 Å². The van der Waals surface area contributed by atoms with E-state index in [0.717, 1.165) is 17.5 Å². The molecule has 22 heavy (non-hydrogen) atoms. The molecule has 1 amide bonds. The van der Waals surface area contributed by atoms with Gasteiger partial charge in [-0.1, -0.05) is 18.2 Å². The average Bonchev–Trinajstić information content (AvgIpc) is 2.54. The van der Waals surface area contributed by atoms with E-state index in [1.165, 1.54) is 17.5 Å². The molecule has 0 spiro atoms. The molecule has 2 unspecified atom stereocenters. The van der Waals surface area contributed by atoms with Crippen molar-refractivity contribution in [2.75, 3.05) is 6.54 Å². The second-order valence-electron chi connectivity index (χ2n) is 5.64. The minimum Gasteiger partial charge on any atom is -0.356 e. The van der Waals surface area contributed by atoms with Crippen molar-refractivity contribution in [2.45, 2.75) is 25.8 Å². The van der Waals surface area contributed by atoms with Crippen LogP contribution in [0.25, 0.3) is 11.1 Å². The molecule has 1 aliphatic carbocycles. The van der Waals surface area contributed by atoms with Gasteiger partial charge < -0.3 is 11.1 Å². The molecule has 114 valence electrons. The summed E-state index contributed by atoms with van der Waals surface area (Å²) in [6.07, 6.45) is 6.51. The van der Waals surface area contributed by atoms with E-state index in [1.54, 1.807) is 12.4 Å². The number of nitrogens with two attached hydrogens (primary N) is 1. The number of rotatable bonds is 3. The largest absolute Gasteiger partial charge is 0.356 e. The summed E-state index contributed by atoms with van der Waals surface area (Å²) in [5.41, 5.74) is 10.7. The van der Waals surface area contributed by atoms with Gasteiger partial charge >= 0.3 is 0 Å². The van der Waals surface area contributed by atoms with E-state index in [9.17, 15) is 4.79 Å². The molecule has 0 bridgehead atoms. The third-order valence-electron chi connectivity index (χ3n) is 4.23. The molecule has 2 atom stereocenters. The highest BCUT2D eigenvalue weighted by atomic mass is 16.1. The van der Waals surface area contributed by atoms with Crippen LogP contribution in [0.1, 0.15) is 18.1 Å². The van der Waals surface area contributed by atoms with Crippen LogP contribution in [0.3, 0.4) is 0 Å². The van der Waals surface area contributed by atoms with Crippen LogP contribution >= 0.6 is 0 Å². The predicted molar refractivity (Wildman–Crippen MR) is 85.0 cm³/mol. The van der Waals surface area contributed by atoms with Crippen LogP contribution in [0.4, 0.5) is 0 Å². The molecule has 1 aromatic heterocycles. The number of amides is 1. The van der Waals surface area contributed by atoms with Crippen molar-refractivity contribution in [3.8, 4) is 11.1 Å². The number of benzene rings is 1. The first kappa shape index (κ1) is 14.7. The van der Waals surface area contributed by atoms with Crippen molar-refractivity contribution < 1.29 is 4.79 Å². The maximum absolute atomic E-state index is 12.3. The Labute approximate surface area is 130 Å². The Hall–Kier alpha value is -2.27. The standard InChI is InChI=1S/C17H20N4O/c1-2-21-17(22)15-7-14-11(6-16(15)18)4-3-5-13(14)12-8-19-10-20-9-12/h3-5,8-10,15-16H,2,6-7,18H2,1H3,(H,21,22). The Morgan fingerprint density at radius 3 is 2.82 bits per heavy atom. The summed E-state index contributed by atoms with van der Waals surface area (Å²) in [5.74, 6) is -0.141. The SMILES string of the molecule is CCNC(=O)C1Cc2c(cccc2-c2cncnc2)CC1N. The first-order valence-corrected chi connectivity index (χ1v) is 7.60. The molecule has 0 fully saturated rings. The third kappa shape index (κ3) is 2.72. The summed E-state index contributed by atoms with van der Waals surface area (Å²) in [5, 5.41) is 2.89. The molecule has 3 rings (SSSR count). The predicted octanol–water partition coefficient (Wildman–Crippen LogP) is 1.32. The van der Waals surface area contributed by atoms with Gasteiger partial charge in [0.25, 0.3) is 0 Å². The van der Waals surface area contributed by atoms with Gasteiger partial charge in [-0.2, -0.15) is 0 Å². The van der Waals surface area contributed by atoms with Gasteiger partial charge in [-0.05, 0) is 36.5 Å². The van der Waals surface area contributed by atoms with E-state index in [4.69, 9.17) is 5.73 Å². The number of hydrogen-bond acceptors (Lipinski definition) is 4. The fourth-order valence-corrected chi connectivity index (χ4v) is 3.14. The van der Waals surface area contributed by atoms with Crippen molar-refractivity contribution in [1.82, 2.24) is 15.3 Å². The maximum atomic E-state index is 12.3. The van der Waals surface area contributed by atoms with Gasteiger partial charge in [0.2, 0.25) is 5.91 Å². The molecule has 2 aromatic rings. The van der Waals surface area contributed by atoms with Crippen LogP contribution in [0.2, 0.25) is 0 Å². The first-order valence-electron chi connectivity index (χ1n) is 7.60. The van der Waals surface area contributed by atoms with E-state index in [-0.39, 0.29) is 17.9 Å². The highest BCUT2D eigenvalue weighted by Crippen LogP contribution is 2.33. The van der Waals surface area contributed by atoms with Crippen molar-refractivity contribution >= 4 is 5.91 Å². The quantitative estimate of drug-likeness (QED) is 0.895. The highest BCUT2D eigenvalue weighted by Gasteiger charge is 2.32. The van der Waals surface area contributed by atoms with E-state index in [1.807, 2.05) is 13.0 Å². The van der Waals surface area contributed by atoms with Crippen LogP contribution in [0, 0.1) is 5.92 Å². The minimum atomic E-state index is -0.182. The zero-order valence-corrected chi connectivity index (χ0v) is 12.6. The summed E-state index contributed by atoms with van der Waals surface area (Å²) >= 11 is 0. The van der Waals surface area contributed by atoms with E-state index < -0.39 is 0 Å². The molecule has 1 heterocycles. The molecule has 1 aliphatic rings. The van der Waals surface area contributed by atoms with Gasteiger partial charge in [-0.15, -0.1) is 0 Å². The first-order chi connectivity index (χ1) is 10.7. The van der Waals surface area contributed by atoms with E-state index in [2.05, 4.69) is 27.4 Å². The van der Waals surface area contributed by atoms with Gasteiger partial charge in [0.05, 0.1) is 5.92 Å². The van der Waals surface area contributed by atoms with E-state index >= 15 is 0 Å². The number of nitrogens with zero attached hydrogens (tertiary/aromatic N) is 2. The molecule has 0 saturated carbocycles. The van der Waals surface area contributed by atoms with Crippen molar-refractivity contribution in [3.63, 3.8) is 0 Å². The Morgan fingerprint density at radius 2 is 2.09 bits per heavy atom. The van der Waals surface area contributed by atoms with Crippen molar-refractivity contribution in [1.29, 1.82) is 0 Å². The lowest BCUT2D eigenvalue weighted by atomic mass is 9.77. The number of hydrogen-bond donors (Lipinski definition) is 2. The summed E-state index contributed by atoms with van der Waals surface area (Å²) in [7, 11) is 0. The molecule has 0 radical (unpaired) electrons. The fraction of sp³-hybridized carbons (Fsp3) is 0.353. The monoisotopic (exact) mass is 296 g/mol. The van der Waals surface area contributed by atoms with Crippen molar-refractivity contribution in [3.05, 3.63) is 48.0 Å². The third-order valence-corrected chi connectivity index (χ3v) is 4.23. The summed E-state index contributed by atoms with van der Waals surface area (Å²) < 4.78 is 0. The second-order valence-corrected chi connectivity index (χ2v) is 5.64. The van der Waals surface area contributed by atoms with E-state index in [0.29, 0.717) is 13.0 Å². The summed E-state index contributed by atoms with van der Waals surface area (Å²) in [4.78, 5) is 20.4. The molecular weight excluding hydrogens is 276 g/mol. The Balaban J connectivity index is 1.99. The molecular formula is C17H20N4O. The van der Waals surface area contributed by atoms with Crippen LogP contribution in [0.5, 0.6) is 0 Å². The van der Waals surface area contributed by atoms with Gasteiger partial charge in [0.1, 0.15) is 6.33 Å². The maximum Gasteiger partial charge on any atom is 0.225 e. The van der Waals surface area contributed by atoms with Gasteiger partial charge in [-0.3, -0.25) is 4.79 Å². The Kier molecular flexibility index (Phi) is 4.15. The van der Waals surface area contributed by atoms with Crippen LogP contribution < -0.4 is 11.1 Å². The van der Waals surface area contributed by atoms with Crippen molar-refractivity contribution in [2.24, 2.45) is 11.7 Å².